The van der Waals surface area contributed by atoms with Crippen molar-refractivity contribution in [2.75, 3.05) is 17.3 Å². The Morgan fingerprint density at radius 1 is 1.10 bits per heavy atom. The number of benzene rings is 2. The van der Waals surface area contributed by atoms with Crippen molar-refractivity contribution in [2.24, 2.45) is 0 Å². The summed E-state index contributed by atoms with van der Waals surface area (Å²) in [7, 11) is 2.02. The average molecular weight is 414 g/mol. The highest BCUT2D eigenvalue weighted by Gasteiger charge is 2.17. The van der Waals surface area contributed by atoms with Crippen LogP contribution in [0.2, 0.25) is 0 Å². The first-order chi connectivity index (χ1) is 14.9. The van der Waals surface area contributed by atoms with Crippen molar-refractivity contribution in [3.63, 3.8) is 0 Å². The highest BCUT2D eigenvalue weighted by Crippen LogP contribution is 2.27. The molecule has 1 N–H and O–H groups in total. The van der Waals surface area contributed by atoms with Crippen molar-refractivity contribution in [1.29, 1.82) is 0 Å². The molecule has 1 amide bonds. The summed E-state index contributed by atoms with van der Waals surface area (Å²) in [6.45, 7) is 6.73. The number of anilines is 2. The van der Waals surface area contributed by atoms with E-state index in [0.29, 0.717) is 11.3 Å². The van der Waals surface area contributed by atoms with Gasteiger partial charge in [0.05, 0.1) is 28.8 Å². The predicted molar refractivity (Wildman–Crippen MR) is 126 cm³/mol. The van der Waals surface area contributed by atoms with Gasteiger partial charge in [-0.15, -0.1) is 0 Å². The standard InChI is InChI=1S/C25H27N5O/c1-17(2)30-24-20(15-26-30)14-21(18(3)27-24)25(31)28-22-12-8-9-13-23(22)29(4)16-19-10-6-5-7-11-19/h5-15,17H,16H2,1-4H3,(H,28,31). The molecule has 0 spiro atoms. The van der Waals surface area contributed by atoms with Gasteiger partial charge < -0.3 is 10.2 Å². The molecule has 31 heavy (non-hydrogen) atoms. The number of hydrogen-bond donors (Lipinski definition) is 1. The van der Waals surface area contributed by atoms with Crippen molar-refractivity contribution in [1.82, 2.24) is 14.8 Å². The predicted octanol–water partition coefficient (Wildman–Crippen LogP) is 5.21. The summed E-state index contributed by atoms with van der Waals surface area (Å²) in [6.07, 6.45) is 1.76. The molecule has 4 aromatic rings. The Balaban J connectivity index is 1.60. The van der Waals surface area contributed by atoms with Gasteiger partial charge in [0.15, 0.2) is 5.65 Å². The molecule has 0 fully saturated rings. The number of pyridine rings is 1. The first kappa shape index (κ1) is 20.6. The molecular formula is C25H27N5O. The monoisotopic (exact) mass is 413 g/mol. The number of rotatable bonds is 6. The van der Waals surface area contributed by atoms with E-state index < -0.39 is 0 Å². The Bertz CT molecular complexity index is 1210. The van der Waals surface area contributed by atoms with Gasteiger partial charge in [0.25, 0.3) is 5.91 Å². The largest absolute Gasteiger partial charge is 0.369 e. The third kappa shape index (κ3) is 4.28. The zero-order valence-electron chi connectivity index (χ0n) is 18.3. The van der Waals surface area contributed by atoms with Crippen molar-refractivity contribution < 1.29 is 4.79 Å². The fourth-order valence-corrected chi connectivity index (χ4v) is 3.72. The van der Waals surface area contributed by atoms with Crippen LogP contribution in [0.5, 0.6) is 0 Å². The second-order valence-electron chi connectivity index (χ2n) is 8.03. The molecule has 4 rings (SSSR count). The van der Waals surface area contributed by atoms with Crippen LogP contribution in [0.25, 0.3) is 11.0 Å². The highest BCUT2D eigenvalue weighted by molar-refractivity contribution is 6.08. The van der Waals surface area contributed by atoms with Crippen LogP contribution in [-0.4, -0.2) is 27.7 Å². The lowest BCUT2D eigenvalue weighted by Crippen LogP contribution is -2.20. The smallest absolute Gasteiger partial charge is 0.257 e. The molecule has 0 unspecified atom stereocenters. The van der Waals surface area contributed by atoms with Crippen LogP contribution in [0.15, 0.2) is 66.9 Å². The van der Waals surface area contributed by atoms with Crippen molar-refractivity contribution >= 4 is 28.3 Å². The van der Waals surface area contributed by atoms with Crippen LogP contribution >= 0.6 is 0 Å². The van der Waals surface area contributed by atoms with Crippen LogP contribution in [0.3, 0.4) is 0 Å². The molecular weight excluding hydrogens is 386 g/mol. The average Bonchev–Trinajstić information content (AvgIpc) is 3.17. The second-order valence-corrected chi connectivity index (χ2v) is 8.03. The van der Waals surface area contributed by atoms with Gasteiger partial charge in [0.1, 0.15) is 0 Å². The SMILES string of the molecule is Cc1nc2c(cnn2C(C)C)cc1C(=O)Nc1ccccc1N(C)Cc1ccccc1. The number of aryl methyl sites for hydroxylation is 1. The summed E-state index contributed by atoms with van der Waals surface area (Å²) in [6, 6.07) is 20.2. The van der Waals surface area contributed by atoms with E-state index in [-0.39, 0.29) is 11.9 Å². The van der Waals surface area contributed by atoms with E-state index in [4.69, 9.17) is 0 Å². The molecule has 158 valence electrons. The number of aromatic nitrogens is 3. The molecule has 0 atom stereocenters. The lowest BCUT2D eigenvalue weighted by atomic mass is 10.1. The lowest BCUT2D eigenvalue weighted by Gasteiger charge is -2.23. The van der Waals surface area contributed by atoms with E-state index in [1.54, 1.807) is 6.20 Å². The first-order valence-corrected chi connectivity index (χ1v) is 10.4. The number of carbonyl (C=O) groups excluding carboxylic acids is 1. The number of nitrogens with zero attached hydrogens (tertiary/aromatic N) is 4. The highest BCUT2D eigenvalue weighted by atomic mass is 16.1. The third-order valence-corrected chi connectivity index (χ3v) is 5.32. The zero-order chi connectivity index (χ0) is 22.0. The van der Waals surface area contributed by atoms with E-state index in [2.05, 4.69) is 46.3 Å². The minimum Gasteiger partial charge on any atom is -0.369 e. The van der Waals surface area contributed by atoms with Gasteiger partial charge in [-0.3, -0.25) is 4.79 Å². The van der Waals surface area contributed by atoms with Gasteiger partial charge >= 0.3 is 0 Å². The summed E-state index contributed by atoms with van der Waals surface area (Å²) in [5.41, 5.74) is 4.96. The summed E-state index contributed by atoms with van der Waals surface area (Å²) >= 11 is 0. The minimum absolute atomic E-state index is 0.176. The molecule has 2 heterocycles. The Morgan fingerprint density at radius 3 is 2.55 bits per heavy atom. The normalized spacial score (nSPS) is 11.1. The number of nitrogens with one attached hydrogen (secondary N) is 1. The molecule has 0 saturated heterocycles. The molecule has 0 radical (unpaired) electrons. The van der Waals surface area contributed by atoms with E-state index in [9.17, 15) is 4.79 Å². The van der Waals surface area contributed by atoms with E-state index in [0.717, 1.165) is 29.0 Å². The molecule has 2 aromatic carbocycles. The van der Waals surface area contributed by atoms with Gasteiger partial charge in [-0.1, -0.05) is 42.5 Å². The topological polar surface area (TPSA) is 63.1 Å². The van der Waals surface area contributed by atoms with E-state index >= 15 is 0 Å². The Kier molecular flexibility index (Phi) is 5.71. The molecule has 0 bridgehead atoms. The Hall–Kier alpha value is -3.67. The molecule has 6 heteroatoms. The molecule has 6 nitrogen and oxygen atoms in total. The van der Waals surface area contributed by atoms with Gasteiger partial charge in [0.2, 0.25) is 0 Å². The van der Waals surface area contributed by atoms with Crippen molar-refractivity contribution in [3.05, 3.63) is 83.7 Å². The van der Waals surface area contributed by atoms with E-state index in [1.165, 1.54) is 5.56 Å². The maximum Gasteiger partial charge on any atom is 0.257 e. The Labute approximate surface area is 182 Å². The summed E-state index contributed by atoms with van der Waals surface area (Å²) in [5, 5.41) is 8.35. The fourth-order valence-electron chi connectivity index (χ4n) is 3.72. The molecule has 0 aliphatic rings. The number of amides is 1. The number of carbonyl (C=O) groups is 1. The minimum atomic E-state index is -0.176. The van der Waals surface area contributed by atoms with Crippen molar-refractivity contribution in [2.45, 2.75) is 33.4 Å². The summed E-state index contributed by atoms with van der Waals surface area (Å²) in [5.74, 6) is -0.176. The van der Waals surface area contributed by atoms with Crippen LogP contribution in [0.1, 0.15) is 41.5 Å². The number of para-hydroxylation sites is 2. The lowest BCUT2D eigenvalue weighted by molar-refractivity contribution is 0.102. The van der Waals surface area contributed by atoms with Gasteiger partial charge in [-0.05, 0) is 44.5 Å². The summed E-state index contributed by atoms with van der Waals surface area (Å²) < 4.78 is 1.87. The summed E-state index contributed by atoms with van der Waals surface area (Å²) in [4.78, 5) is 19.9. The van der Waals surface area contributed by atoms with Crippen molar-refractivity contribution in [3.8, 4) is 0 Å². The van der Waals surface area contributed by atoms with Crippen LogP contribution in [0, 0.1) is 6.92 Å². The number of fused-ring (bicyclic) bond motifs is 1. The van der Waals surface area contributed by atoms with Crippen LogP contribution in [-0.2, 0) is 6.54 Å². The maximum absolute atomic E-state index is 13.2. The molecule has 0 aliphatic carbocycles. The van der Waals surface area contributed by atoms with Gasteiger partial charge in [-0.2, -0.15) is 5.10 Å². The quantitative estimate of drug-likeness (QED) is 0.471. The van der Waals surface area contributed by atoms with Crippen LogP contribution < -0.4 is 10.2 Å². The third-order valence-electron chi connectivity index (χ3n) is 5.32. The molecule has 2 aromatic heterocycles. The molecule has 0 aliphatic heterocycles. The van der Waals surface area contributed by atoms with Gasteiger partial charge in [0, 0.05) is 25.0 Å². The van der Waals surface area contributed by atoms with Crippen LogP contribution in [0.4, 0.5) is 11.4 Å². The second kappa shape index (κ2) is 8.60. The number of hydrogen-bond acceptors (Lipinski definition) is 4. The maximum atomic E-state index is 13.2. The van der Waals surface area contributed by atoms with Gasteiger partial charge in [-0.25, -0.2) is 9.67 Å². The fraction of sp³-hybridized carbons (Fsp3) is 0.240. The van der Waals surface area contributed by atoms with E-state index in [1.807, 2.05) is 67.2 Å². The molecule has 0 saturated carbocycles. The zero-order valence-corrected chi connectivity index (χ0v) is 18.3. The first-order valence-electron chi connectivity index (χ1n) is 10.4. The Morgan fingerprint density at radius 2 is 1.81 bits per heavy atom.